The molecule has 3 nitrogen and oxygen atoms in total. The van der Waals surface area contributed by atoms with Crippen LogP contribution >= 0.6 is 23.2 Å². The minimum absolute atomic E-state index is 0.273. The molecule has 0 heterocycles. The molecule has 1 aromatic rings. The van der Waals surface area contributed by atoms with Crippen molar-refractivity contribution < 1.29 is 9.90 Å². The number of nitriles is 1. The number of halogens is 2. The monoisotopic (exact) mass is 243 g/mol. The molecule has 0 amide bonds. The molecule has 1 atom stereocenters. The molecular formula is C10H7Cl2NO2. The smallest absolute Gasteiger partial charge is 0.328 e. The van der Waals surface area contributed by atoms with Gasteiger partial charge in [0.05, 0.1) is 6.07 Å². The Balaban J connectivity index is 3.38. The highest BCUT2D eigenvalue weighted by atomic mass is 35.5. The predicted octanol–water partition coefficient (Wildman–Crippen LogP) is 2.86. The maximum absolute atomic E-state index is 11.0. The lowest BCUT2D eigenvalue weighted by Crippen LogP contribution is -2.30. The third kappa shape index (κ3) is 2.23. The highest BCUT2D eigenvalue weighted by Crippen LogP contribution is 2.29. The Hall–Kier alpha value is -1.24. The molecule has 0 bridgehead atoms. The van der Waals surface area contributed by atoms with E-state index >= 15 is 0 Å². The van der Waals surface area contributed by atoms with Crippen LogP contribution in [0, 0.1) is 11.3 Å². The van der Waals surface area contributed by atoms with E-state index in [2.05, 4.69) is 0 Å². The van der Waals surface area contributed by atoms with E-state index < -0.39 is 11.4 Å². The van der Waals surface area contributed by atoms with Crippen molar-refractivity contribution in [2.75, 3.05) is 0 Å². The lowest BCUT2D eigenvalue weighted by molar-refractivity contribution is -0.140. The summed E-state index contributed by atoms with van der Waals surface area (Å²) in [5.41, 5.74) is -1.36. The Labute approximate surface area is 96.8 Å². The Kier molecular flexibility index (Phi) is 3.23. The molecule has 0 aromatic heterocycles. The fourth-order valence-corrected chi connectivity index (χ4v) is 1.60. The number of hydrogen-bond donors (Lipinski definition) is 1. The minimum atomic E-state index is -1.63. The molecule has 0 aliphatic heterocycles. The first-order chi connectivity index (χ1) is 6.90. The number of carboxylic acid groups (broad SMARTS) is 1. The highest BCUT2D eigenvalue weighted by Gasteiger charge is 2.35. The number of carbonyl (C=O) groups is 1. The number of carboxylic acids is 1. The van der Waals surface area contributed by atoms with Gasteiger partial charge in [0.2, 0.25) is 0 Å². The molecule has 0 saturated heterocycles. The first kappa shape index (κ1) is 11.8. The van der Waals surface area contributed by atoms with Crippen LogP contribution in [-0.2, 0) is 10.2 Å². The second-order valence-corrected chi connectivity index (χ2v) is 4.07. The quantitative estimate of drug-likeness (QED) is 0.869. The van der Waals surface area contributed by atoms with Crippen LogP contribution in [0.5, 0.6) is 0 Å². The normalized spacial score (nSPS) is 14.0. The topological polar surface area (TPSA) is 61.1 Å². The van der Waals surface area contributed by atoms with E-state index in [4.69, 9.17) is 33.6 Å². The van der Waals surface area contributed by atoms with Crippen molar-refractivity contribution in [3.8, 4) is 6.07 Å². The molecule has 0 aliphatic rings. The van der Waals surface area contributed by atoms with Crippen LogP contribution in [0.15, 0.2) is 18.2 Å². The van der Waals surface area contributed by atoms with Gasteiger partial charge in [0.15, 0.2) is 5.41 Å². The fourth-order valence-electron chi connectivity index (χ4n) is 1.08. The van der Waals surface area contributed by atoms with E-state index in [9.17, 15) is 4.79 Å². The van der Waals surface area contributed by atoms with Crippen LogP contribution < -0.4 is 0 Å². The molecule has 78 valence electrons. The van der Waals surface area contributed by atoms with E-state index in [-0.39, 0.29) is 5.56 Å². The average molecular weight is 244 g/mol. The predicted molar refractivity (Wildman–Crippen MR) is 57.1 cm³/mol. The van der Waals surface area contributed by atoms with Gasteiger partial charge >= 0.3 is 5.97 Å². The third-order valence-electron chi connectivity index (χ3n) is 2.09. The van der Waals surface area contributed by atoms with E-state index in [1.54, 1.807) is 6.07 Å². The average Bonchev–Trinajstić information content (AvgIpc) is 2.14. The van der Waals surface area contributed by atoms with Crippen molar-refractivity contribution in [3.05, 3.63) is 33.8 Å². The molecule has 0 aliphatic carbocycles. The number of aliphatic carboxylic acids is 1. The first-order valence-electron chi connectivity index (χ1n) is 4.01. The van der Waals surface area contributed by atoms with Gasteiger partial charge in [-0.3, -0.25) is 4.79 Å². The first-order valence-corrected chi connectivity index (χ1v) is 4.77. The largest absolute Gasteiger partial charge is 0.480 e. The van der Waals surface area contributed by atoms with Gasteiger partial charge in [-0.05, 0) is 30.7 Å². The molecule has 5 heteroatoms. The molecular weight excluding hydrogens is 237 g/mol. The Morgan fingerprint density at radius 2 is 1.87 bits per heavy atom. The molecule has 15 heavy (non-hydrogen) atoms. The molecule has 0 saturated carbocycles. The van der Waals surface area contributed by atoms with Crippen molar-refractivity contribution in [3.63, 3.8) is 0 Å². The van der Waals surface area contributed by atoms with Crippen molar-refractivity contribution in [1.29, 1.82) is 5.26 Å². The van der Waals surface area contributed by atoms with E-state index in [1.165, 1.54) is 25.1 Å². The molecule has 1 N–H and O–H groups in total. The summed E-state index contributed by atoms with van der Waals surface area (Å²) in [6, 6.07) is 6.05. The van der Waals surface area contributed by atoms with Crippen LogP contribution in [0.2, 0.25) is 10.0 Å². The van der Waals surface area contributed by atoms with Gasteiger partial charge in [0.1, 0.15) is 0 Å². The van der Waals surface area contributed by atoms with E-state index in [0.29, 0.717) is 10.0 Å². The standard InChI is InChI=1S/C10H7Cl2NO2/c1-10(5-13,9(14)15)6-2-7(11)4-8(12)3-6/h2-4H,1H3,(H,14,15). The van der Waals surface area contributed by atoms with Gasteiger partial charge in [-0.2, -0.15) is 5.26 Å². The van der Waals surface area contributed by atoms with Crippen LogP contribution in [0.4, 0.5) is 0 Å². The summed E-state index contributed by atoms with van der Waals surface area (Å²) in [6.45, 7) is 1.30. The van der Waals surface area contributed by atoms with Gasteiger partial charge < -0.3 is 5.11 Å². The van der Waals surface area contributed by atoms with Gasteiger partial charge in [-0.15, -0.1) is 0 Å². The molecule has 1 rings (SSSR count). The molecule has 0 fully saturated rings. The summed E-state index contributed by atoms with van der Waals surface area (Å²) < 4.78 is 0. The summed E-state index contributed by atoms with van der Waals surface area (Å²) in [7, 11) is 0. The second kappa shape index (κ2) is 4.09. The maximum atomic E-state index is 11.0. The van der Waals surface area contributed by atoms with Gasteiger partial charge in [-0.1, -0.05) is 23.2 Å². The Morgan fingerprint density at radius 3 is 2.20 bits per heavy atom. The van der Waals surface area contributed by atoms with Gasteiger partial charge in [0, 0.05) is 10.0 Å². The number of hydrogen-bond acceptors (Lipinski definition) is 2. The minimum Gasteiger partial charge on any atom is -0.480 e. The summed E-state index contributed by atoms with van der Waals surface area (Å²) >= 11 is 11.5. The molecule has 1 aromatic carbocycles. The third-order valence-corrected chi connectivity index (χ3v) is 2.53. The number of nitrogens with zero attached hydrogens (tertiary/aromatic N) is 1. The van der Waals surface area contributed by atoms with Crippen LogP contribution in [-0.4, -0.2) is 11.1 Å². The number of benzene rings is 1. The zero-order chi connectivity index (χ0) is 11.6. The summed E-state index contributed by atoms with van der Waals surface area (Å²) in [6.07, 6.45) is 0. The van der Waals surface area contributed by atoms with Crippen molar-refractivity contribution in [2.45, 2.75) is 12.3 Å². The Bertz CT molecular complexity index is 433. The van der Waals surface area contributed by atoms with Crippen molar-refractivity contribution in [1.82, 2.24) is 0 Å². The number of rotatable bonds is 2. The van der Waals surface area contributed by atoms with Crippen LogP contribution in [0.1, 0.15) is 12.5 Å². The second-order valence-electron chi connectivity index (χ2n) is 3.20. The maximum Gasteiger partial charge on any atom is 0.328 e. The zero-order valence-corrected chi connectivity index (χ0v) is 9.30. The summed E-state index contributed by atoms with van der Waals surface area (Å²) in [5, 5.41) is 18.4. The van der Waals surface area contributed by atoms with E-state index in [1.807, 2.05) is 0 Å². The lowest BCUT2D eigenvalue weighted by atomic mass is 9.84. The molecule has 0 radical (unpaired) electrons. The van der Waals surface area contributed by atoms with Crippen LogP contribution in [0.3, 0.4) is 0 Å². The molecule has 1 unspecified atom stereocenters. The molecule has 0 spiro atoms. The van der Waals surface area contributed by atoms with Gasteiger partial charge in [-0.25, -0.2) is 0 Å². The van der Waals surface area contributed by atoms with Gasteiger partial charge in [0.25, 0.3) is 0 Å². The lowest BCUT2D eigenvalue weighted by Gasteiger charge is -2.16. The SMILES string of the molecule is CC(C#N)(C(=O)O)c1cc(Cl)cc(Cl)c1. The summed E-state index contributed by atoms with van der Waals surface area (Å²) in [5.74, 6) is -1.23. The van der Waals surface area contributed by atoms with Crippen molar-refractivity contribution >= 4 is 29.2 Å². The zero-order valence-electron chi connectivity index (χ0n) is 7.79. The van der Waals surface area contributed by atoms with E-state index in [0.717, 1.165) is 0 Å². The summed E-state index contributed by atoms with van der Waals surface area (Å²) in [4.78, 5) is 11.0. The Morgan fingerprint density at radius 1 is 1.40 bits per heavy atom. The highest BCUT2D eigenvalue weighted by molar-refractivity contribution is 6.34. The van der Waals surface area contributed by atoms with Crippen molar-refractivity contribution in [2.24, 2.45) is 0 Å². The van der Waals surface area contributed by atoms with Crippen LogP contribution in [0.25, 0.3) is 0 Å². The fraction of sp³-hybridized carbons (Fsp3) is 0.200.